The molecule has 0 aliphatic heterocycles. The molecule has 0 atom stereocenters. The molecule has 0 aliphatic carbocycles. The summed E-state index contributed by atoms with van der Waals surface area (Å²) >= 11 is 0. The first-order valence-electron chi connectivity index (χ1n) is 9.41. The Kier molecular flexibility index (Phi) is 5.30. The second-order valence-corrected chi connectivity index (χ2v) is 6.82. The number of methoxy groups -OCH3 is 1. The van der Waals surface area contributed by atoms with Gasteiger partial charge in [-0.15, -0.1) is 0 Å². The van der Waals surface area contributed by atoms with Crippen LogP contribution in [-0.4, -0.2) is 18.0 Å². The molecule has 150 valence electrons. The second-order valence-electron chi connectivity index (χ2n) is 6.82. The predicted octanol–water partition coefficient (Wildman–Crippen LogP) is 4.56. The van der Waals surface area contributed by atoms with Crippen LogP contribution in [0.2, 0.25) is 0 Å². The van der Waals surface area contributed by atoms with E-state index in [-0.39, 0.29) is 11.7 Å². The average Bonchev–Trinajstić information content (AvgIpc) is 2.78. The summed E-state index contributed by atoms with van der Waals surface area (Å²) in [6.07, 6.45) is 1.47. The van der Waals surface area contributed by atoms with Crippen molar-refractivity contribution in [1.29, 1.82) is 0 Å². The lowest BCUT2D eigenvalue weighted by atomic mass is 9.99. The van der Waals surface area contributed by atoms with Gasteiger partial charge in [-0.05, 0) is 40.8 Å². The first kappa shape index (κ1) is 19.4. The average molecular weight is 401 g/mol. The van der Waals surface area contributed by atoms with Crippen molar-refractivity contribution in [3.8, 4) is 16.9 Å². The largest absolute Gasteiger partial charge is 0.496 e. The number of hydrogen-bond acceptors (Lipinski definition) is 4. The molecule has 5 nitrogen and oxygen atoms in total. The number of anilines is 1. The summed E-state index contributed by atoms with van der Waals surface area (Å²) < 4.78 is 18.9. The Balaban J connectivity index is 1.66. The third kappa shape index (κ3) is 3.80. The van der Waals surface area contributed by atoms with Crippen molar-refractivity contribution in [3.63, 3.8) is 0 Å². The smallest absolute Gasteiger partial charge is 0.253 e. The van der Waals surface area contributed by atoms with Gasteiger partial charge in [0.25, 0.3) is 5.91 Å². The molecule has 0 bridgehead atoms. The van der Waals surface area contributed by atoms with Gasteiger partial charge < -0.3 is 15.8 Å². The number of aromatic nitrogens is 1. The maximum atomic E-state index is 13.6. The minimum absolute atomic E-state index is 0.267. The van der Waals surface area contributed by atoms with Crippen LogP contribution in [0.25, 0.3) is 21.9 Å². The Morgan fingerprint density at radius 3 is 2.63 bits per heavy atom. The van der Waals surface area contributed by atoms with E-state index in [1.807, 2.05) is 48.5 Å². The van der Waals surface area contributed by atoms with Crippen LogP contribution in [0.5, 0.6) is 5.75 Å². The van der Waals surface area contributed by atoms with E-state index < -0.39 is 0 Å². The number of rotatable bonds is 5. The van der Waals surface area contributed by atoms with Gasteiger partial charge in [-0.25, -0.2) is 9.37 Å². The SMILES string of the molecule is COc1ccccc1CNC(=O)c1cnc(N)c2cc(-c3cccc(F)c3)ccc12. The number of ether oxygens (including phenoxy) is 1. The number of fused-ring (bicyclic) bond motifs is 1. The highest BCUT2D eigenvalue weighted by molar-refractivity contribution is 6.09. The van der Waals surface area contributed by atoms with Crippen molar-refractivity contribution >= 4 is 22.5 Å². The summed E-state index contributed by atoms with van der Waals surface area (Å²) in [7, 11) is 1.59. The molecule has 3 aromatic carbocycles. The molecule has 0 saturated carbocycles. The molecule has 6 heteroatoms. The number of nitrogens with one attached hydrogen (secondary N) is 1. The Bertz CT molecular complexity index is 1240. The Hall–Kier alpha value is -3.93. The number of hydrogen-bond donors (Lipinski definition) is 2. The lowest BCUT2D eigenvalue weighted by molar-refractivity contribution is 0.0952. The predicted molar refractivity (Wildman–Crippen MR) is 116 cm³/mol. The molecule has 0 saturated heterocycles. The number of nitrogens with two attached hydrogens (primary N) is 1. The zero-order chi connectivity index (χ0) is 21.1. The Morgan fingerprint density at radius 1 is 1.03 bits per heavy atom. The van der Waals surface area contributed by atoms with Gasteiger partial charge in [0.15, 0.2) is 0 Å². The number of amides is 1. The molecule has 1 aromatic heterocycles. The van der Waals surface area contributed by atoms with E-state index in [0.29, 0.717) is 34.4 Å². The van der Waals surface area contributed by atoms with Crippen LogP contribution < -0.4 is 15.8 Å². The van der Waals surface area contributed by atoms with Crippen LogP contribution in [0.15, 0.2) is 72.9 Å². The first-order valence-corrected chi connectivity index (χ1v) is 9.41. The van der Waals surface area contributed by atoms with Crippen molar-refractivity contribution in [2.24, 2.45) is 0 Å². The lowest BCUT2D eigenvalue weighted by Crippen LogP contribution is -2.23. The molecule has 3 N–H and O–H groups in total. The number of pyridine rings is 1. The van der Waals surface area contributed by atoms with Gasteiger partial charge in [0.1, 0.15) is 17.4 Å². The Morgan fingerprint density at radius 2 is 1.83 bits per heavy atom. The van der Waals surface area contributed by atoms with E-state index >= 15 is 0 Å². The van der Waals surface area contributed by atoms with Gasteiger partial charge in [-0.1, -0.05) is 42.5 Å². The molecule has 0 aliphatic rings. The maximum Gasteiger partial charge on any atom is 0.253 e. The highest BCUT2D eigenvalue weighted by Crippen LogP contribution is 2.29. The van der Waals surface area contributed by atoms with Crippen molar-refractivity contribution in [2.45, 2.75) is 6.54 Å². The van der Waals surface area contributed by atoms with Crippen LogP contribution in [0, 0.1) is 5.82 Å². The van der Waals surface area contributed by atoms with Crippen LogP contribution in [0.1, 0.15) is 15.9 Å². The van der Waals surface area contributed by atoms with E-state index in [1.165, 1.54) is 18.3 Å². The molecular weight excluding hydrogens is 381 g/mol. The molecule has 1 amide bonds. The van der Waals surface area contributed by atoms with Crippen molar-refractivity contribution < 1.29 is 13.9 Å². The van der Waals surface area contributed by atoms with E-state index in [1.54, 1.807) is 13.2 Å². The number of nitrogens with zero attached hydrogens (tertiary/aromatic N) is 1. The molecule has 4 rings (SSSR count). The molecule has 0 radical (unpaired) electrons. The number of carbonyl (C=O) groups excluding carboxylic acids is 1. The van der Waals surface area contributed by atoms with Crippen molar-refractivity contribution in [1.82, 2.24) is 10.3 Å². The number of carbonyl (C=O) groups is 1. The van der Waals surface area contributed by atoms with Gasteiger partial charge in [0, 0.05) is 23.7 Å². The third-order valence-corrected chi connectivity index (χ3v) is 4.95. The first-order chi connectivity index (χ1) is 14.6. The number of halogens is 1. The molecule has 0 fully saturated rings. The van der Waals surface area contributed by atoms with Crippen LogP contribution in [0.4, 0.5) is 10.2 Å². The summed E-state index contributed by atoms with van der Waals surface area (Å²) in [5.74, 6) is 0.433. The van der Waals surface area contributed by atoms with Crippen LogP contribution in [0.3, 0.4) is 0 Å². The highest BCUT2D eigenvalue weighted by Gasteiger charge is 2.14. The molecule has 4 aromatic rings. The summed E-state index contributed by atoms with van der Waals surface area (Å²) in [5.41, 5.74) is 8.88. The molecule has 0 unspecified atom stereocenters. The fraction of sp³-hybridized carbons (Fsp3) is 0.0833. The standard InChI is InChI=1S/C24H20FN3O2/c1-30-22-8-3-2-5-17(22)13-28-24(29)21-14-27-23(26)20-12-16(9-10-19(20)21)15-6-4-7-18(25)11-15/h2-12,14H,13H2,1H3,(H2,26,27)(H,28,29). The fourth-order valence-corrected chi connectivity index (χ4v) is 3.41. The minimum atomic E-state index is -0.317. The Labute approximate surface area is 173 Å². The molecular formula is C24H20FN3O2. The van der Waals surface area contributed by atoms with E-state index in [4.69, 9.17) is 10.5 Å². The van der Waals surface area contributed by atoms with Crippen LogP contribution >= 0.6 is 0 Å². The number of nitrogen functional groups attached to an aromatic ring is 1. The summed E-state index contributed by atoms with van der Waals surface area (Å²) in [4.78, 5) is 17.0. The molecule has 0 spiro atoms. The number of benzene rings is 3. The van der Waals surface area contributed by atoms with Gasteiger partial charge in [0.2, 0.25) is 0 Å². The lowest BCUT2D eigenvalue weighted by Gasteiger charge is -2.12. The normalized spacial score (nSPS) is 10.7. The van der Waals surface area contributed by atoms with Gasteiger partial charge >= 0.3 is 0 Å². The van der Waals surface area contributed by atoms with Gasteiger partial charge in [0.05, 0.1) is 12.7 Å². The summed E-state index contributed by atoms with van der Waals surface area (Å²) in [6.45, 7) is 0.316. The van der Waals surface area contributed by atoms with E-state index in [0.717, 1.165) is 16.7 Å². The molecule has 1 heterocycles. The number of para-hydroxylation sites is 1. The van der Waals surface area contributed by atoms with Crippen molar-refractivity contribution in [3.05, 3.63) is 89.9 Å². The zero-order valence-electron chi connectivity index (χ0n) is 16.4. The molecule has 30 heavy (non-hydrogen) atoms. The van der Waals surface area contributed by atoms with Gasteiger partial charge in [-0.3, -0.25) is 4.79 Å². The third-order valence-electron chi connectivity index (χ3n) is 4.95. The van der Waals surface area contributed by atoms with E-state index in [2.05, 4.69) is 10.3 Å². The van der Waals surface area contributed by atoms with E-state index in [9.17, 15) is 9.18 Å². The maximum absolute atomic E-state index is 13.6. The van der Waals surface area contributed by atoms with Crippen molar-refractivity contribution in [2.75, 3.05) is 12.8 Å². The minimum Gasteiger partial charge on any atom is -0.496 e. The monoisotopic (exact) mass is 401 g/mol. The fourth-order valence-electron chi connectivity index (χ4n) is 3.41. The topological polar surface area (TPSA) is 77.2 Å². The van der Waals surface area contributed by atoms with Crippen LogP contribution in [-0.2, 0) is 6.54 Å². The zero-order valence-corrected chi connectivity index (χ0v) is 16.4. The second kappa shape index (κ2) is 8.21. The summed E-state index contributed by atoms with van der Waals surface area (Å²) in [6, 6.07) is 19.3. The summed E-state index contributed by atoms with van der Waals surface area (Å²) in [5, 5.41) is 4.23. The van der Waals surface area contributed by atoms with Gasteiger partial charge in [-0.2, -0.15) is 0 Å². The highest BCUT2D eigenvalue weighted by atomic mass is 19.1. The quantitative estimate of drug-likeness (QED) is 0.514.